The van der Waals surface area contributed by atoms with Crippen LogP contribution in [0.5, 0.6) is 11.5 Å². The zero-order chi connectivity index (χ0) is 24.8. The molecule has 0 saturated carbocycles. The SMILES string of the molecule is CCOC(=O)C1=NN(c2ccccc2)C(C(=O)N(CC)CC(=O)Nc2ccc3c(c2)OCCO3)C1. The van der Waals surface area contributed by atoms with Crippen molar-refractivity contribution < 1.29 is 28.6 Å². The number of benzene rings is 2. The number of anilines is 2. The van der Waals surface area contributed by atoms with Gasteiger partial charge in [-0.3, -0.25) is 14.6 Å². The van der Waals surface area contributed by atoms with Crippen molar-refractivity contribution >= 4 is 34.9 Å². The molecule has 2 aliphatic heterocycles. The number of nitrogens with one attached hydrogen (secondary N) is 1. The summed E-state index contributed by atoms with van der Waals surface area (Å²) in [5.74, 6) is -0.0302. The Kier molecular flexibility index (Phi) is 7.49. The van der Waals surface area contributed by atoms with E-state index < -0.39 is 12.0 Å². The molecule has 2 aromatic rings. The third-order valence-electron chi connectivity index (χ3n) is 5.58. The predicted molar refractivity (Wildman–Crippen MR) is 130 cm³/mol. The number of nitrogens with zero attached hydrogens (tertiary/aromatic N) is 3. The predicted octanol–water partition coefficient (Wildman–Crippen LogP) is 2.44. The average Bonchev–Trinajstić information content (AvgIpc) is 3.33. The highest BCUT2D eigenvalue weighted by molar-refractivity contribution is 6.38. The fourth-order valence-corrected chi connectivity index (χ4v) is 3.91. The quantitative estimate of drug-likeness (QED) is 0.578. The van der Waals surface area contributed by atoms with Crippen LogP contribution >= 0.6 is 0 Å². The smallest absolute Gasteiger partial charge is 0.354 e. The number of esters is 1. The van der Waals surface area contributed by atoms with Gasteiger partial charge in [0.2, 0.25) is 11.8 Å². The lowest BCUT2D eigenvalue weighted by Crippen LogP contribution is -2.48. The lowest BCUT2D eigenvalue weighted by molar-refractivity contribution is -0.135. The molecule has 0 bridgehead atoms. The molecule has 2 aromatic carbocycles. The summed E-state index contributed by atoms with van der Waals surface area (Å²) in [6.07, 6.45) is 0.0901. The molecule has 2 aliphatic rings. The second-order valence-electron chi connectivity index (χ2n) is 7.93. The maximum absolute atomic E-state index is 13.5. The Morgan fingerprint density at radius 1 is 1.09 bits per heavy atom. The highest BCUT2D eigenvalue weighted by Crippen LogP contribution is 2.32. The van der Waals surface area contributed by atoms with Crippen molar-refractivity contribution in [3.05, 3.63) is 48.5 Å². The molecule has 10 nitrogen and oxygen atoms in total. The average molecular weight is 481 g/mol. The van der Waals surface area contributed by atoms with E-state index in [0.29, 0.717) is 42.6 Å². The summed E-state index contributed by atoms with van der Waals surface area (Å²) in [5.41, 5.74) is 1.38. The van der Waals surface area contributed by atoms with Crippen LogP contribution in [0.3, 0.4) is 0 Å². The van der Waals surface area contributed by atoms with E-state index in [1.807, 2.05) is 30.3 Å². The van der Waals surface area contributed by atoms with E-state index >= 15 is 0 Å². The van der Waals surface area contributed by atoms with Gasteiger partial charge in [0.15, 0.2) is 11.5 Å². The van der Waals surface area contributed by atoms with E-state index in [-0.39, 0.29) is 37.1 Å². The van der Waals surface area contributed by atoms with E-state index in [0.717, 1.165) is 0 Å². The van der Waals surface area contributed by atoms with Crippen molar-refractivity contribution in [3.8, 4) is 11.5 Å². The number of amides is 2. The van der Waals surface area contributed by atoms with Crippen molar-refractivity contribution in [3.63, 3.8) is 0 Å². The molecule has 10 heteroatoms. The molecule has 1 unspecified atom stereocenters. The van der Waals surface area contributed by atoms with Crippen LogP contribution in [0.2, 0.25) is 0 Å². The molecule has 1 atom stereocenters. The molecule has 2 amide bonds. The maximum atomic E-state index is 13.5. The standard InChI is InChI=1S/C25H28N4O6/c1-3-28(16-23(30)26-17-10-11-21-22(14-17)35-13-12-34-21)24(31)20-15-19(25(32)33-4-2)27-29(20)18-8-6-5-7-9-18/h5-11,14,20H,3-4,12-13,15-16H2,1-2H3,(H,26,30). The molecule has 1 N–H and O–H groups in total. The molecule has 35 heavy (non-hydrogen) atoms. The number of carbonyl (C=O) groups is 3. The Labute approximate surface area is 203 Å². The normalized spacial score (nSPS) is 16.3. The van der Waals surface area contributed by atoms with Crippen molar-refractivity contribution in [1.82, 2.24) is 4.90 Å². The van der Waals surface area contributed by atoms with E-state index in [1.165, 1.54) is 9.91 Å². The molecule has 184 valence electrons. The zero-order valence-electron chi connectivity index (χ0n) is 19.7. The molecular formula is C25H28N4O6. The maximum Gasteiger partial charge on any atom is 0.354 e. The largest absolute Gasteiger partial charge is 0.486 e. The lowest BCUT2D eigenvalue weighted by atomic mass is 10.1. The lowest BCUT2D eigenvalue weighted by Gasteiger charge is -2.28. The van der Waals surface area contributed by atoms with Gasteiger partial charge in [0.05, 0.1) is 18.8 Å². The van der Waals surface area contributed by atoms with Gasteiger partial charge in [0.25, 0.3) is 0 Å². The molecule has 2 heterocycles. The van der Waals surface area contributed by atoms with Crippen LogP contribution in [0.15, 0.2) is 53.6 Å². The van der Waals surface area contributed by atoms with Gasteiger partial charge >= 0.3 is 5.97 Å². The number of likely N-dealkylation sites (N-methyl/N-ethyl adjacent to an activating group) is 1. The van der Waals surface area contributed by atoms with Crippen LogP contribution in [0.4, 0.5) is 11.4 Å². The summed E-state index contributed by atoms with van der Waals surface area (Å²) in [6, 6.07) is 13.5. The van der Waals surface area contributed by atoms with E-state index in [1.54, 1.807) is 32.0 Å². The van der Waals surface area contributed by atoms with Gasteiger partial charge in [-0.15, -0.1) is 0 Å². The zero-order valence-corrected chi connectivity index (χ0v) is 19.7. The van der Waals surface area contributed by atoms with Crippen LogP contribution in [-0.4, -0.2) is 67.3 Å². The van der Waals surface area contributed by atoms with E-state index in [2.05, 4.69) is 10.4 Å². The number of para-hydroxylation sites is 1. The first-order valence-electron chi connectivity index (χ1n) is 11.6. The molecule has 0 spiro atoms. The van der Waals surface area contributed by atoms with E-state index in [9.17, 15) is 14.4 Å². The molecule has 0 saturated heterocycles. The summed E-state index contributed by atoms with van der Waals surface area (Å²) in [5, 5.41) is 8.71. The Morgan fingerprint density at radius 3 is 2.54 bits per heavy atom. The van der Waals surface area contributed by atoms with Crippen LogP contribution in [0, 0.1) is 0 Å². The van der Waals surface area contributed by atoms with Crippen LogP contribution < -0.4 is 19.8 Å². The Morgan fingerprint density at radius 2 is 1.83 bits per heavy atom. The van der Waals surface area contributed by atoms with Crippen molar-refractivity contribution in [1.29, 1.82) is 0 Å². The van der Waals surface area contributed by atoms with Gasteiger partial charge in [-0.1, -0.05) is 18.2 Å². The molecule has 0 aliphatic carbocycles. The summed E-state index contributed by atoms with van der Waals surface area (Å²) in [4.78, 5) is 40.1. The number of rotatable bonds is 8. The van der Waals surface area contributed by atoms with Gasteiger partial charge in [-0.05, 0) is 38.1 Å². The Bertz CT molecular complexity index is 1120. The van der Waals surface area contributed by atoms with E-state index in [4.69, 9.17) is 14.2 Å². The number of ether oxygens (including phenoxy) is 3. The first-order chi connectivity index (χ1) is 17.0. The minimum Gasteiger partial charge on any atom is -0.486 e. The van der Waals surface area contributed by atoms with Crippen molar-refractivity contribution in [2.75, 3.05) is 43.2 Å². The van der Waals surface area contributed by atoms with Crippen molar-refractivity contribution in [2.24, 2.45) is 5.10 Å². The fourth-order valence-electron chi connectivity index (χ4n) is 3.91. The van der Waals surface area contributed by atoms with Crippen LogP contribution in [-0.2, 0) is 19.1 Å². The number of hydrogen-bond acceptors (Lipinski definition) is 8. The fraction of sp³-hybridized carbons (Fsp3) is 0.360. The number of hydrogen-bond donors (Lipinski definition) is 1. The Balaban J connectivity index is 1.46. The number of hydrazone groups is 1. The molecular weight excluding hydrogens is 452 g/mol. The van der Waals surface area contributed by atoms with Gasteiger partial charge in [-0.25, -0.2) is 4.79 Å². The minimum atomic E-state index is -0.765. The topological polar surface area (TPSA) is 110 Å². The van der Waals surface area contributed by atoms with Gasteiger partial charge in [-0.2, -0.15) is 5.10 Å². The highest BCUT2D eigenvalue weighted by atomic mass is 16.6. The summed E-state index contributed by atoms with van der Waals surface area (Å²) in [7, 11) is 0. The van der Waals surface area contributed by atoms with Crippen LogP contribution in [0.1, 0.15) is 20.3 Å². The second-order valence-corrected chi connectivity index (χ2v) is 7.93. The highest BCUT2D eigenvalue weighted by Gasteiger charge is 2.39. The van der Waals surface area contributed by atoms with Crippen molar-refractivity contribution in [2.45, 2.75) is 26.3 Å². The monoisotopic (exact) mass is 480 g/mol. The van der Waals surface area contributed by atoms with Gasteiger partial charge < -0.3 is 24.4 Å². The third kappa shape index (κ3) is 5.53. The first-order valence-corrected chi connectivity index (χ1v) is 11.6. The van der Waals surface area contributed by atoms with Crippen LogP contribution in [0.25, 0.3) is 0 Å². The summed E-state index contributed by atoms with van der Waals surface area (Å²) in [6.45, 7) is 4.79. The summed E-state index contributed by atoms with van der Waals surface area (Å²) < 4.78 is 16.2. The summed E-state index contributed by atoms with van der Waals surface area (Å²) >= 11 is 0. The number of carbonyl (C=O) groups excluding carboxylic acids is 3. The molecule has 4 rings (SSSR count). The van der Waals surface area contributed by atoms with Gasteiger partial charge in [0, 0.05) is 24.7 Å². The molecule has 0 fully saturated rings. The number of fused-ring (bicyclic) bond motifs is 1. The molecule has 0 aromatic heterocycles. The molecule has 0 radical (unpaired) electrons. The second kappa shape index (κ2) is 10.9. The minimum absolute atomic E-state index is 0.0901. The Hall–Kier alpha value is -4.08. The first kappa shape index (κ1) is 24.1. The third-order valence-corrected chi connectivity index (χ3v) is 5.58. The van der Waals surface area contributed by atoms with Gasteiger partial charge in [0.1, 0.15) is 25.0 Å².